The highest BCUT2D eigenvalue weighted by molar-refractivity contribution is 5.95. The quantitative estimate of drug-likeness (QED) is 0.139. The Balaban J connectivity index is 5.53. The molecule has 0 aliphatic carbocycles. The number of carbonyl (C=O) groups is 5. The molecule has 0 aliphatic rings. The van der Waals surface area contributed by atoms with Crippen LogP contribution < -0.4 is 27.4 Å². The van der Waals surface area contributed by atoms with E-state index in [0.29, 0.717) is 25.8 Å². The van der Waals surface area contributed by atoms with Crippen LogP contribution in [0.15, 0.2) is 0 Å². The highest BCUT2D eigenvalue weighted by Crippen LogP contribution is 2.11. The first-order chi connectivity index (χ1) is 15.3. The van der Waals surface area contributed by atoms with Crippen LogP contribution in [0.1, 0.15) is 59.8 Å². The van der Waals surface area contributed by atoms with E-state index < -0.39 is 66.2 Å². The van der Waals surface area contributed by atoms with Crippen LogP contribution in [0.5, 0.6) is 0 Å². The monoisotopic (exact) mass is 473 g/mol. The third kappa shape index (κ3) is 11.1. The molecule has 0 radical (unpaired) electrons. The molecular weight excluding hydrogens is 434 g/mol. The van der Waals surface area contributed by atoms with Gasteiger partial charge in [-0.15, -0.1) is 0 Å². The van der Waals surface area contributed by atoms with Crippen molar-refractivity contribution >= 4 is 29.7 Å². The zero-order valence-electron chi connectivity index (χ0n) is 19.8. The van der Waals surface area contributed by atoms with Crippen LogP contribution in [-0.2, 0) is 24.0 Å². The average Bonchev–Trinajstić information content (AvgIpc) is 2.74. The van der Waals surface area contributed by atoms with Crippen molar-refractivity contribution in [1.82, 2.24) is 16.0 Å². The first-order valence-corrected chi connectivity index (χ1v) is 11.2. The zero-order chi connectivity index (χ0) is 25.7. The van der Waals surface area contributed by atoms with Crippen LogP contribution in [0.2, 0.25) is 0 Å². The van der Waals surface area contributed by atoms with Crippen molar-refractivity contribution in [2.75, 3.05) is 6.54 Å². The third-order valence-electron chi connectivity index (χ3n) is 5.39. The van der Waals surface area contributed by atoms with Gasteiger partial charge in [0, 0.05) is 0 Å². The summed E-state index contributed by atoms with van der Waals surface area (Å²) >= 11 is 0. The van der Waals surface area contributed by atoms with E-state index in [-0.39, 0.29) is 12.3 Å². The van der Waals surface area contributed by atoms with E-state index >= 15 is 0 Å². The summed E-state index contributed by atoms with van der Waals surface area (Å²) in [6, 6.07) is -4.71. The van der Waals surface area contributed by atoms with Gasteiger partial charge in [0.25, 0.3) is 0 Å². The van der Waals surface area contributed by atoms with Crippen LogP contribution in [0, 0.1) is 11.8 Å². The predicted molar refractivity (Wildman–Crippen MR) is 121 cm³/mol. The molecule has 33 heavy (non-hydrogen) atoms. The number of carboxylic acid groups (broad SMARTS) is 2. The molecule has 5 atom stereocenters. The van der Waals surface area contributed by atoms with Crippen LogP contribution in [0.4, 0.5) is 0 Å². The number of carbonyl (C=O) groups excluding carboxylic acids is 3. The Bertz CT molecular complexity index is 686. The number of hydrogen-bond donors (Lipinski definition) is 7. The van der Waals surface area contributed by atoms with Crippen molar-refractivity contribution in [2.24, 2.45) is 23.3 Å². The number of amides is 3. The lowest BCUT2D eigenvalue weighted by Crippen LogP contribution is -2.59. The Kier molecular flexibility index (Phi) is 13.9. The topological polar surface area (TPSA) is 214 Å². The first kappa shape index (κ1) is 30.3. The maximum atomic E-state index is 12.9. The van der Waals surface area contributed by atoms with E-state index in [1.54, 1.807) is 27.7 Å². The maximum absolute atomic E-state index is 12.9. The lowest BCUT2D eigenvalue weighted by molar-refractivity contribution is -0.143. The van der Waals surface area contributed by atoms with Gasteiger partial charge in [-0.3, -0.25) is 19.2 Å². The molecule has 190 valence electrons. The second-order valence-corrected chi connectivity index (χ2v) is 8.48. The van der Waals surface area contributed by atoms with Crippen LogP contribution >= 0.6 is 0 Å². The minimum absolute atomic E-state index is 0.171. The molecule has 0 heterocycles. The lowest BCUT2D eigenvalue weighted by atomic mass is 9.96. The number of unbranched alkanes of at least 4 members (excludes halogenated alkanes) is 1. The highest BCUT2D eigenvalue weighted by Gasteiger charge is 2.33. The predicted octanol–water partition coefficient (Wildman–Crippen LogP) is -0.841. The van der Waals surface area contributed by atoms with Gasteiger partial charge in [0.2, 0.25) is 17.7 Å². The number of nitrogens with two attached hydrogens (primary N) is 2. The fourth-order valence-electron chi connectivity index (χ4n) is 2.92. The van der Waals surface area contributed by atoms with Gasteiger partial charge >= 0.3 is 11.9 Å². The largest absolute Gasteiger partial charge is 0.481 e. The molecule has 0 saturated heterocycles. The first-order valence-electron chi connectivity index (χ1n) is 11.2. The van der Waals surface area contributed by atoms with Crippen LogP contribution in [0.25, 0.3) is 0 Å². The summed E-state index contributed by atoms with van der Waals surface area (Å²) in [4.78, 5) is 60.7. The molecule has 12 heteroatoms. The molecule has 0 saturated carbocycles. The molecule has 5 unspecified atom stereocenters. The smallest absolute Gasteiger partial charge is 0.326 e. The van der Waals surface area contributed by atoms with Gasteiger partial charge in [-0.05, 0) is 37.6 Å². The van der Waals surface area contributed by atoms with Gasteiger partial charge in [-0.1, -0.05) is 34.1 Å². The summed E-state index contributed by atoms with van der Waals surface area (Å²) < 4.78 is 0. The van der Waals surface area contributed by atoms with Gasteiger partial charge in [-0.25, -0.2) is 4.79 Å². The SMILES string of the molecule is CCC(C)C(NC(=O)C(CC(=O)O)NC(=O)C(N)C(C)C)C(=O)NC(CCCCN)C(=O)O. The standard InChI is InChI=1S/C21H39N5O7/c1-5-12(4)17(20(31)24-13(21(32)33)8-6-7-9-22)26-18(29)14(10-15(27)28)25-19(30)16(23)11(2)3/h11-14,16-17H,5-10,22-23H2,1-4H3,(H,24,31)(H,25,30)(H,26,29)(H,27,28)(H,32,33). The normalized spacial score (nSPS) is 15.6. The summed E-state index contributed by atoms with van der Waals surface area (Å²) in [5.41, 5.74) is 11.2. The molecule has 0 aromatic rings. The fraction of sp³-hybridized carbons (Fsp3) is 0.762. The number of hydrogen-bond acceptors (Lipinski definition) is 7. The maximum Gasteiger partial charge on any atom is 0.326 e. The van der Waals surface area contributed by atoms with E-state index in [4.69, 9.17) is 16.6 Å². The molecule has 0 fully saturated rings. The number of rotatable bonds is 16. The molecule has 0 rings (SSSR count). The second kappa shape index (κ2) is 15.2. The van der Waals surface area contributed by atoms with Gasteiger partial charge in [0.15, 0.2) is 0 Å². The van der Waals surface area contributed by atoms with E-state index in [1.165, 1.54) is 0 Å². The van der Waals surface area contributed by atoms with Gasteiger partial charge < -0.3 is 37.6 Å². The summed E-state index contributed by atoms with van der Waals surface area (Å²) in [6.45, 7) is 7.26. The highest BCUT2D eigenvalue weighted by atomic mass is 16.4. The lowest BCUT2D eigenvalue weighted by Gasteiger charge is -2.28. The minimum atomic E-state index is -1.46. The molecule has 9 N–H and O–H groups in total. The summed E-state index contributed by atoms with van der Waals surface area (Å²) in [5.74, 6) is -5.47. The minimum Gasteiger partial charge on any atom is -0.481 e. The van der Waals surface area contributed by atoms with Gasteiger partial charge in [0.05, 0.1) is 12.5 Å². The van der Waals surface area contributed by atoms with E-state index in [9.17, 15) is 29.1 Å². The Morgan fingerprint density at radius 3 is 1.88 bits per heavy atom. The Labute approximate surface area is 194 Å². The van der Waals surface area contributed by atoms with E-state index in [0.717, 1.165) is 0 Å². The van der Waals surface area contributed by atoms with Crippen LogP contribution in [-0.4, -0.2) is 70.6 Å². The fourth-order valence-corrected chi connectivity index (χ4v) is 2.92. The Morgan fingerprint density at radius 1 is 0.848 bits per heavy atom. The molecule has 0 spiro atoms. The number of nitrogens with one attached hydrogen (secondary N) is 3. The van der Waals surface area contributed by atoms with Crippen LogP contribution in [0.3, 0.4) is 0 Å². The Morgan fingerprint density at radius 2 is 1.42 bits per heavy atom. The molecule has 0 aromatic heterocycles. The number of aliphatic carboxylic acids is 2. The molecule has 0 aliphatic heterocycles. The Hall–Kier alpha value is -2.73. The van der Waals surface area contributed by atoms with Crippen molar-refractivity contribution in [3.05, 3.63) is 0 Å². The van der Waals surface area contributed by atoms with E-state index in [2.05, 4.69) is 16.0 Å². The second-order valence-electron chi connectivity index (χ2n) is 8.48. The number of carboxylic acids is 2. The van der Waals surface area contributed by atoms with Gasteiger partial charge in [-0.2, -0.15) is 0 Å². The molecular formula is C21H39N5O7. The zero-order valence-corrected chi connectivity index (χ0v) is 19.8. The summed E-state index contributed by atoms with van der Waals surface area (Å²) in [6.07, 6.45) is 1.02. The van der Waals surface area contributed by atoms with Crippen molar-refractivity contribution in [3.8, 4) is 0 Å². The third-order valence-corrected chi connectivity index (χ3v) is 5.39. The molecule has 0 bridgehead atoms. The van der Waals surface area contributed by atoms with Gasteiger partial charge in [0.1, 0.15) is 18.1 Å². The molecule has 3 amide bonds. The summed E-state index contributed by atoms with van der Waals surface area (Å²) in [5, 5.41) is 25.8. The van der Waals surface area contributed by atoms with E-state index in [1.807, 2.05) is 0 Å². The van der Waals surface area contributed by atoms with Crippen molar-refractivity contribution < 1.29 is 34.2 Å². The van der Waals surface area contributed by atoms with Crippen molar-refractivity contribution in [2.45, 2.75) is 84.0 Å². The molecule has 12 nitrogen and oxygen atoms in total. The summed E-state index contributed by atoms with van der Waals surface area (Å²) in [7, 11) is 0. The average molecular weight is 474 g/mol. The van der Waals surface area contributed by atoms with Crippen molar-refractivity contribution in [1.29, 1.82) is 0 Å². The van der Waals surface area contributed by atoms with Crippen molar-refractivity contribution in [3.63, 3.8) is 0 Å². The molecule has 0 aromatic carbocycles.